The first-order valence-electron chi connectivity index (χ1n) is 10.8. The van der Waals surface area contributed by atoms with Gasteiger partial charge in [0.15, 0.2) is 0 Å². The number of carbonyl (C=O) groups excluding carboxylic acids is 2. The van der Waals surface area contributed by atoms with Crippen LogP contribution in [0.1, 0.15) is 40.7 Å². The Labute approximate surface area is 192 Å². The summed E-state index contributed by atoms with van der Waals surface area (Å²) < 4.78 is 5.75. The average molecular weight is 447 g/mol. The van der Waals surface area contributed by atoms with Crippen LogP contribution < -0.4 is 15.0 Å². The van der Waals surface area contributed by atoms with E-state index in [9.17, 15) is 9.59 Å². The van der Waals surface area contributed by atoms with Gasteiger partial charge in [-0.1, -0.05) is 43.3 Å². The quantitative estimate of drug-likeness (QED) is 0.507. The van der Waals surface area contributed by atoms with Crippen LogP contribution in [0.5, 0.6) is 5.75 Å². The Balaban J connectivity index is 1.51. The zero-order valence-corrected chi connectivity index (χ0v) is 19.0. The fourth-order valence-electron chi connectivity index (χ4n) is 3.69. The smallest absolute Gasteiger partial charge is 0.255 e. The van der Waals surface area contributed by atoms with E-state index < -0.39 is 0 Å². The molecular formula is C26H26N2O3S. The largest absolute Gasteiger partial charge is 0.492 e. The van der Waals surface area contributed by atoms with E-state index in [1.807, 2.05) is 79.7 Å². The lowest BCUT2D eigenvalue weighted by Crippen LogP contribution is -2.28. The maximum absolute atomic E-state index is 12.7. The molecule has 6 heteroatoms. The Bertz CT molecular complexity index is 1100. The van der Waals surface area contributed by atoms with Gasteiger partial charge in [-0.3, -0.25) is 14.5 Å². The van der Waals surface area contributed by atoms with Crippen molar-refractivity contribution >= 4 is 35.0 Å². The molecular weight excluding hydrogens is 420 g/mol. The number of thioether (sulfide) groups is 1. The van der Waals surface area contributed by atoms with Crippen LogP contribution >= 0.6 is 11.8 Å². The van der Waals surface area contributed by atoms with E-state index in [-0.39, 0.29) is 17.2 Å². The normalized spacial score (nSPS) is 15.6. The number of nitrogens with zero attached hydrogens (tertiary/aromatic N) is 1. The number of aryl methyl sites for hydroxylation is 1. The van der Waals surface area contributed by atoms with Gasteiger partial charge in [-0.15, -0.1) is 11.8 Å². The standard InChI is InChI=1S/C26H26N2O3S/c1-3-18-9-11-19(12-10-18)25(30)27-21-15-13-20(14-16-21)26-28(24(29)17-32-26)22-7-5-6-8-23(22)31-4-2/h5-16,26H,3-4,17H2,1-2H3,(H,27,30)/t26-/m0/s1. The van der Waals surface area contributed by atoms with Crippen molar-refractivity contribution in [2.75, 3.05) is 22.6 Å². The number of carbonyl (C=O) groups is 2. The van der Waals surface area contributed by atoms with E-state index in [1.165, 1.54) is 5.56 Å². The predicted octanol–water partition coefficient (Wildman–Crippen LogP) is 5.68. The fraction of sp³-hybridized carbons (Fsp3) is 0.231. The Morgan fingerprint density at radius 3 is 2.44 bits per heavy atom. The third kappa shape index (κ3) is 4.65. The minimum absolute atomic E-state index is 0.0556. The first kappa shape index (κ1) is 22.0. The molecule has 3 aromatic rings. The van der Waals surface area contributed by atoms with Gasteiger partial charge in [-0.25, -0.2) is 0 Å². The molecule has 2 amide bonds. The highest BCUT2D eigenvalue weighted by Crippen LogP contribution is 2.44. The van der Waals surface area contributed by atoms with E-state index in [1.54, 1.807) is 16.7 Å². The Morgan fingerprint density at radius 2 is 1.75 bits per heavy atom. The highest BCUT2D eigenvalue weighted by molar-refractivity contribution is 8.00. The number of nitrogens with one attached hydrogen (secondary N) is 1. The van der Waals surface area contributed by atoms with Gasteiger partial charge in [0.2, 0.25) is 5.91 Å². The SMILES string of the molecule is CCOc1ccccc1N1C(=O)CS[C@H]1c1ccc(NC(=O)c2ccc(CC)cc2)cc1. The van der Waals surface area contributed by atoms with Crippen LogP contribution in [0.2, 0.25) is 0 Å². The average Bonchev–Trinajstić information content (AvgIpc) is 3.21. The van der Waals surface area contributed by atoms with Crippen molar-refractivity contribution in [1.82, 2.24) is 0 Å². The summed E-state index contributed by atoms with van der Waals surface area (Å²) in [7, 11) is 0. The molecule has 4 rings (SSSR count). The number of hydrogen-bond acceptors (Lipinski definition) is 4. The molecule has 0 bridgehead atoms. The lowest BCUT2D eigenvalue weighted by molar-refractivity contribution is -0.115. The molecule has 5 nitrogen and oxygen atoms in total. The molecule has 1 fully saturated rings. The van der Waals surface area contributed by atoms with Gasteiger partial charge < -0.3 is 10.1 Å². The fourth-order valence-corrected chi connectivity index (χ4v) is 4.86. The number of anilines is 2. The minimum Gasteiger partial charge on any atom is -0.492 e. The lowest BCUT2D eigenvalue weighted by Gasteiger charge is -2.26. The highest BCUT2D eigenvalue weighted by atomic mass is 32.2. The van der Waals surface area contributed by atoms with Crippen LogP contribution in [-0.4, -0.2) is 24.2 Å². The summed E-state index contributed by atoms with van der Waals surface area (Å²) in [6, 6.07) is 22.9. The van der Waals surface area contributed by atoms with E-state index >= 15 is 0 Å². The van der Waals surface area contributed by atoms with E-state index in [0.29, 0.717) is 29.4 Å². The van der Waals surface area contributed by atoms with Crippen molar-refractivity contribution in [2.24, 2.45) is 0 Å². The molecule has 1 atom stereocenters. The van der Waals surface area contributed by atoms with Crippen molar-refractivity contribution in [1.29, 1.82) is 0 Å². The van der Waals surface area contributed by atoms with Gasteiger partial charge in [-0.2, -0.15) is 0 Å². The van der Waals surface area contributed by atoms with Crippen LogP contribution in [0, 0.1) is 0 Å². The minimum atomic E-state index is -0.143. The highest BCUT2D eigenvalue weighted by Gasteiger charge is 2.35. The second kappa shape index (κ2) is 9.92. The second-order valence-electron chi connectivity index (χ2n) is 7.45. The number of ether oxygens (including phenoxy) is 1. The van der Waals surface area contributed by atoms with Crippen LogP contribution in [0.15, 0.2) is 72.8 Å². The lowest BCUT2D eigenvalue weighted by atomic mass is 10.1. The first-order chi connectivity index (χ1) is 15.6. The number of benzene rings is 3. The number of amides is 2. The summed E-state index contributed by atoms with van der Waals surface area (Å²) in [5, 5.41) is 2.80. The van der Waals surface area contributed by atoms with Crippen LogP contribution in [0.4, 0.5) is 11.4 Å². The molecule has 1 N–H and O–H groups in total. The Kier molecular flexibility index (Phi) is 6.81. The number of para-hydroxylation sites is 2. The predicted molar refractivity (Wildman–Crippen MR) is 131 cm³/mol. The maximum atomic E-state index is 12.7. The number of hydrogen-bond donors (Lipinski definition) is 1. The third-order valence-corrected chi connectivity index (χ3v) is 6.58. The summed E-state index contributed by atoms with van der Waals surface area (Å²) in [5.41, 5.74) is 4.32. The van der Waals surface area contributed by atoms with Gasteiger partial charge in [0.1, 0.15) is 11.1 Å². The molecule has 32 heavy (non-hydrogen) atoms. The van der Waals surface area contributed by atoms with Crippen molar-refractivity contribution in [3.05, 3.63) is 89.5 Å². The Hall–Kier alpha value is -3.25. The first-order valence-corrected chi connectivity index (χ1v) is 11.8. The zero-order valence-electron chi connectivity index (χ0n) is 18.2. The van der Waals surface area contributed by atoms with Crippen LogP contribution in [0.3, 0.4) is 0 Å². The molecule has 1 aliphatic rings. The molecule has 0 aromatic heterocycles. The molecule has 0 aliphatic carbocycles. The number of rotatable bonds is 7. The Morgan fingerprint density at radius 1 is 1.03 bits per heavy atom. The van der Waals surface area contributed by atoms with Gasteiger partial charge in [0.25, 0.3) is 5.91 Å². The topological polar surface area (TPSA) is 58.6 Å². The van der Waals surface area contributed by atoms with Crippen molar-refractivity contribution in [3.63, 3.8) is 0 Å². The molecule has 1 aliphatic heterocycles. The summed E-state index contributed by atoms with van der Waals surface area (Å²) in [5.74, 6) is 1.03. The molecule has 3 aromatic carbocycles. The van der Waals surface area contributed by atoms with E-state index in [2.05, 4.69) is 12.2 Å². The van der Waals surface area contributed by atoms with Gasteiger partial charge in [0.05, 0.1) is 18.0 Å². The zero-order chi connectivity index (χ0) is 22.5. The van der Waals surface area contributed by atoms with Gasteiger partial charge in [0, 0.05) is 11.3 Å². The summed E-state index contributed by atoms with van der Waals surface area (Å²) >= 11 is 1.59. The molecule has 0 radical (unpaired) electrons. The van der Waals surface area contributed by atoms with Crippen molar-refractivity contribution < 1.29 is 14.3 Å². The summed E-state index contributed by atoms with van der Waals surface area (Å²) in [6.45, 7) is 4.55. The molecule has 1 saturated heterocycles. The second-order valence-corrected chi connectivity index (χ2v) is 8.52. The van der Waals surface area contributed by atoms with Crippen molar-refractivity contribution in [3.8, 4) is 5.75 Å². The molecule has 0 unspecified atom stereocenters. The van der Waals surface area contributed by atoms with Gasteiger partial charge >= 0.3 is 0 Å². The maximum Gasteiger partial charge on any atom is 0.255 e. The molecule has 1 heterocycles. The van der Waals surface area contributed by atoms with Crippen molar-refractivity contribution in [2.45, 2.75) is 25.6 Å². The molecule has 0 saturated carbocycles. The van der Waals surface area contributed by atoms with Gasteiger partial charge in [-0.05, 0) is 60.9 Å². The molecule has 164 valence electrons. The van der Waals surface area contributed by atoms with E-state index in [4.69, 9.17) is 4.74 Å². The monoisotopic (exact) mass is 446 g/mol. The van der Waals surface area contributed by atoms with E-state index in [0.717, 1.165) is 17.7 Å². The van der Waals surface area contributed by atoms with Crippen LogP contribution in [-0.2, 0) is 11.2 Å². The third-order valence-electron chi connectivity index (χ3n) is 5.37. The summed E-state index contributed by atoms with van der Waals surface area (Å²) in [6.07, 6.45) is 0.942. The molecule has 0 spiro atoms. The van der Waals surface area contributed by atoms with Crippen LogP contribution in [0.25, 0.3) is 0 Å². The summed E-state index contributed by atoms with van der Waals surface area (Å²) in [4.78, 5) is 27.1.